The Morgan fingerprint density at radius 3 is 2.38 bits per heavy atom. The molecule has 17 nitrogen and oxygen atoms in total. The molecule has 3 aliphatic rings. The summed E-state index contributed by atoms with van der Waals surface area (Å²) in [6.07, 6.45) is -0.677. The zero-order valence-electron chi connectivity index (χ0n) is 34.8. The van der Waals surface area contributed by atoms with Crippen LogP contribution in [-0.4, -0.2) is 68.3 Å². The maximum absolute atomic E-state index is 15.9. The van der Waals surface area contributed by atoms with E-state index in [0.29, 0.717) is 57.4 Å². The van der Waals surface area contributed by atoms with Crippen molar-refractivity contribution in [3.05, 3.63) is 91.0 Å². The maximum Gasteiger partial charge on any atom is 0.405 e. The Morgan fingerprint density at radius 2 is 1.73 bits per heavy atom. The van der Waals surface area contributed by atoms with Gasteiger partial charge in [-0.3, -0.25) is 14.4 Å². The molecule has 5 amide bonds. The van der Waals surface area contributed by atoms with Crippen LogP contribution in [0.25, 0.3) is 22.3 Å². The van der Waals surface area contributed by atoms with Crippen molar-refractivity contribution in [3.63, 3.8) is 0 Å². The summed E-state index contributed by atoms with van der Waals surface area (Å²) in [6.45, 7) is 5.84. The van der Waals surface area contributed by atoms with Gasteiger partial charge in [-0.05, 0) is 79.8 Å². The van der Waals surface area contributed by atoms with Crippen LogP contribution in [0.15, 0.2) is 29.1 Å². The van der Waals surface area contributed by atoms with Gasteiger partial charge in [0.25, 0.3) is 5.56 Å². The first kappa shape index (κ1) is 44.5. The Bertz CT molecular complexity index is 2630. The number of amides is 5. The molecule has 0 bridgehead atoms. The molecule has 9 N–H and O–H groups in total. The van der Waals surface area contributed by atoms with Crippen LogP contribution in [-0.2, 0) is 50.8 Å². The molecule has 0 radical (unpaired) electrons. The molecule has 334 valence electrons. The maximum atomic E-state index is 15.9. The van der Waals surface area contributed by atoms with E-state index >= 15 is 13.2 Å². The van der Waals surface area contributed by atoms with Gasteiger partial charge in [0.1, 0.15) is 36.1 Å². The van der Waals surface area contributed by atoms with E-state index in [4.69, 9.17) is 15.5 Å². The minimum absolute atomic E-state index is 0.0338. The van der Waals surface area contributed by atoms with E-state index in [1.54, 1.807) is 33.8 Å². The molecule has 1 aliphatic carbocycles. The molecule has 2 aliphatic heterocycles. The number of urea groups is 1. The standard InChI is InChI=1S/C43H47F3N8O9/c1-5-43(62)25-13-32-36-23(16-54(32)39(57)24(25)17-63-40(43)58)34-29(9-8-21-19(4)26(44)14-31(51-36)33(21)34)49-15-22-27(45)11-20(12-28(22)46)50-37(55)30(7-6-10-48-41(47)59)52-38(56)35(18(2)3)53-42(60)61/h11-14,18,29-30,35,49,53,62H,5-10,15-17H2,1-4H3,(H,50,55)(H,52,56)(H,60,61)(H3,47,48,59)/t29-,30?,35?,43-/m0/s1. The number of aliphatic hydroxyl groups is 1. The molecule has 7 rings (SSSR count). The van der Waals surface area contributed by atoms with Gasteiger partial charge < -0.3 is 51.8 Å². The first-order chi connectivity index (χ1) is 29.8. The highest BCUT2D eigenvalue weighted by Gasteiger charge is 2.46. The van der Waals surface area contributed by atoms with Crippen LogP contribution in [0.5, 0.6) is 0 Å². The number of halogens is 3. The highest BCUT2D eigenvalue weighted by atomic mass is 19.1. The second-order valence-electron chi connectivity index (χ2n) is 16.4. The largest absolute Gasteiger partial charge is 0.465 e. The van der Waals surface area contributed by atoms with Crippen molar-refractivity contribution in [2.45, 2.75) is 103 Å². The van der Waals surface area contributed by atoms with Crippen molar-refractivity contribution in [1.82, 2.24) is 30.8 Å². The Morgan fingerprint density at radius 1 is 1.02 bits per heavy atom. The van der Waals surface area contributed by atoms with Gasteiger partial charge >= 0.3 is 18.1 Å². The molecule has 0 spiro atoms. The lowest BCUT2D eigenvalue weighted by atomic mass is 9.81. The first-order valence-electron chi connectivity index (χ1n) is 20.5. The molecule has 0 saturated carbocycles. The van der Waals surface area contributed by atoms with E-state index < -0.39 is 82.6 Å². The van der Waals surface area contributed by atoms with E-state index in [-0.39, 0.29) is 67.9 Å². The van der Waals surface area contributed by atoms with Crippen LogP contribution < -0.4 is 37.9 Å². The number of nitrogens with one attached hydrogen (secondary N) is 5. The average molecular weight is 877 g/mol. The second kappa shape index (κ2) is 17.3. The van der Waals surface area contributed by atoms with Gasteiger partial charge in [0.15, 0.2) is 5.60 Å². The number of fused-ring (bicyclic) bond motifs is 5. The number of rotatable bonds is 14. The van der Waals surface area contributed by atoms with Crippen molar-refractivity contribution in [3.8, 4) is 11.4 Å². The molecule has 0 saturated heterocycles. The number of aromatic nitrogens is 2. The average Bonchev–Trinajstić information content (AvgIpc) is 3.59. The van der Waals surface area contributed by atoms with Gasteiger partial charge in [0.2, 0.25) is 11.8 Å². The van der Waals surface area contributed by atoms with Crippen LogP contribution in [0.1, 0.15) is 91.4 Å². The first-order valence-corrected chi connectivity index (χ1v) is 20.5. The number of nitrogens with zero attached hydrogens (tertiary/aromatic N) is 2. The van der Waals surface area contributed by atoms with E-state index in [0.717, 1.165) is 12.1 Å². The quantitative estimate of drug-likeness (QED) is 0.0589. The van der Waals surface area contributed by atoms with Gasteiger partial charge in [-0.25, -0.2) is 32.5 Å². The normalized spacial score (nSPS) is 18.2. The second-order valence-corrected chi connectivity index (χ2v) is 16.4. The number of carbonyl (C=O) groups is 5. The zero-order chi connectivity index (χ0) is 45.7. The van der Waals surface area contributed by atoms with Crippen LogP contribution >= 0.6 is 0 Å². The summed E-state index contributed by atoms with van der Waals surface area (Å²) in [6, 6.07) is 0.740. The number of carbonyl (C=O) groups excluding carboxylic acids is 4. The van der Waals surface area contributed by atoms with Gasteiger partial charge in [-0.15, -0.1) is 0 Å². The third kappa shape index (κ3) is 8.27. The number of carboxylic acid groups (broad SMARTS) is 1. The number of esters is 1. The molecule has 63 heavy (non-hydrogen) atoms. The highest BCUT2D eigenvalue weighted by Crippen LogP contribution is 2.46. The number of ether oxygens (including phenoxy) is 1. The lowest BCUT2D eigenvalue weighted by Gasteiger charge is -2.31. The van der Waals surface area contributed by atoms with Crippen molar-refractivity contribution in [2.75, 3.05) is 11.9 Å². The van der Waals surface area contributed by atoms with E-state index in [1.165, 1.54) is 10.6 Å². The highest BCUT2D eigenvalue weighted by molar-refractivity contribution is 5.98. The van der Waals surface area contributed by atoms with Gasteiger partial charge in [0, 0.05) is 53.0 Å². The van der Waals surface area contributed by atoms with Crippen LogP contribution in [0.3, 0.4) is 0 Å². The number of benzene rings is 2. The molecular formula is C43H47F3N8O9. The van der Waals surface area contributed by atoms with E-state index in [9.17, 15) is 39.0 Å². The summed E-state index contributed by atoms with van der Waals surface area (Å²) in [5, 5.41) is 33.9. The fourth-order valence-corrected chi connectivity index (χ4v) is 8.77. The lowest BCUT2D eigenvalue weighted by Crippen LogP contribution is -2.54. The van der Waals surface area contributed by atoms with E-state index in [1.807, 2.05) is 0 Å². The third-order valence-corrected chi connectivity index (χ3v) is 12.1. The molecule has 4 aromatic rings. The number of nitrogens with two attached hydrogens (primary N) is 1. The smallest absolute Gasteiger partial charge is 0.405 e. The summed E-state index contributed by atoms with van der Waals surface area (Å²) in [7, 11) is 0. The minimum Gasteiger partial charge on any atom is -0.465 e. The predicted octanol–water partition coefficient (Wildman–Crippen LogP) is 3.75. The summed E-state index contributed by atoms with van der Waals surface area (Å²) in [4.78, 5) is 80.6. The van der Waals surface area contributed by atoms with Crippen LogP contribution in [0, 0.1) is 30.3 Å². The van der Waals surface area contributed by atoms with Crippen LogP contribution in [0.2, 0.25) is 0 Å². The number of anilines is 1. The summed E-state index contributed by atoms with van der Waals surface area (Å²) >= 11 is 0. The number of pyridine rings is 2. The lowest BCUT2D eigenvalue weighted by molar-refractivity contribution is -0.172. The molecule has 0 fully saturated rings. The molecule has 2 aromatic heterocycles. The Hall–Kier alpha value is -6.54. The van der Waals surface area contributed by atoms with Gasteiger partial charge in [-0.2, -0.15) is 0 Å². The fraction of sp³-hybridized carbons (Fsp3) is 0.419. The Kier molecular flexibility index (Phi) is 12.2. The Balaban J connectivity index is 1.16. The molecule has 2 unspecified atom stereocenters. The topological polar surface area (TPSA) is 256 Å². The minimum atomic E-state index is -2.07. The van der Waals surface area contributed by atoms with Crippen LogP contribution in [0.4, 0.5) is 28.4 Å². The molecule has 2 aromatic carbocycles. The molecule has 20 heteroatoms. The Labute approximate surface area is 358 Å². The van der Waals surface area contributed by atoms with Crippen molar-refractivity contribution in [1.29, 1.82) is 0 Å². The third-order valence-electron chi connectivity index (χ3n) is 12.1. The molecular weight excluding hydrogens is 830 g/mol. The van der Waals surface area contributed by atoms with Crippen molar-refractivity contribution in [2.24, 2.45) is 11.7 Å². The van der Waals surface area contributed by atoms with Gasteiger partial charge in [-0.1, -0.05) is 20.8 Å². The number of hydrogen-bond donors (Lipinski definition) is 8. The van der Waals surface area contributed by atoms with Gasteiger partial charge in [0.05, 0.1) is 29.0 Å². The summed E-state index contributed by atoms with van der Waals surface area (Å²) < 4.78 is 53.8. The molecule has 4 heterocycles. The fourth-order valence-electron chi connectivity index (χ4n) is 8.77. The number of aryl methyl sites for hydroxylation is 1. The summed E-state index contributed by atoms with van der Waals surface area (Å²) in [5.41, 5.74) is 5.53. The number of hydrogen-bond acceptors (Lipinski definition) is 10. The van der Waals surface area contributed by atoms with E-state index in [2.05, 4.69) is 26.6 Å². The predicted molar refractivity (Wildman–Crippen MR) is 221 cm³/mol. The summed E-state index contributed by atoms with van der Waals surface area (Å²) in [5.74, 6) is -5.59. The SMILES string of the molecule is CC[C@@]1(O)C(=O)OCc2c1cc1n(c2=O)Cc2c-1nc1cc(F)c(C)c3c1c2[C@@H](NCc1c(F)cc(NC(=O)C(CCCNC(N)=O)NC(=O)C(NC(=O)O)C(C)C)cc1F)CC3. The molecule has 4 atom stereocenters. The number of primary amides is 1. The van der Waals surface area contributed by atoms with Crippen molar-refractivity contribution < 1.29 is 52.1 Å². The monoisotopic (exact) mass is 876 g/mol. The zero-order valence-corrected chi connectivity index (χ0v) is 34.8. The number of cyclic esters (lactones) is 1. The van der Waals surface area contributed by atoms with Crippen molar-refractivity contribution >= 4 is 46.5 Å².